The Kier molecular flexibility index (Phi) is 4.89. The molecule has 2 heterocycles. The minimum Gasteiger partial charge on any atom is -0.313 e. The number of hydrogen-bond donors (Lipinski definition) is 0. The summed E-state index contributed by atoms with van der Waals surface area (Å²) < 4.78 is 2.21. The van der Waals surface area contributed by atoms with Crippen LogP contribution in [-0.2, 0) is 13.0 Å². The highest BCUT2D eigenvalue weighted by Gasteiger charge is 2.11. The maximum absolute atomic E-state index is 5.85. The third-order valence-electron chi connectivity index (χ3n) is 3.06. The molecule has 5 heteroatoms. The lowest BCUT2D eigenvalue weighted by Crippen LogP contribution is -2.09. The monoisotopic (exact) mass is 283 g/mol. The topological polar surface area (TPSA) is 30.7 Å². The van der Waals surface area contributed by atoms with Crippen LogP contribution < -0.4 is 0 Å². The molecule has 1 unspecified atom stereocenters. The molecule has 0 fully saturated rings. The normalized spacial score (nSPS) is 13.1. The van der Waals surface area contributed by atoms with Gasteiger partial charge in [-0.25, -0.2) is 9.97 Å². The van der Waals surface area contributed by atoms with E-state index in [0.29, 0.717) is 11.1 Å². The maximum atomic E-state index is 5.85. The molecule has 0 N–H and O–H groups in total. The highest BCUT2D eigenvalue weighted by molar-refractivity contribution is 7.99. The maximum Gasteiger partial charge on any atom is 0.159 e. The zero-order valence-electron chi connectivity index (χ0n) is 10.8. The van der Waals surface area contributed by atoms with E-state index in [1.807, 2.05) is 30.1 Å². The van der Waals surface area contributed by atoms with E-state index in [2.05, 4.69) is 27.7 Å². The number of fused-ring (bicyclic) bond motifs is 1. The molecule has 98 valence electrons. The van der Waals surface area contributed by atoms with Gasteiger partial charge in [0.15, 0.2) is 5.65 Å². The second-order valence-electron chi connectivity index (χ2n) is 4.30. The van der Waals surface area contributed by atoms with E-state index in [1.165, 1.54) is 0 Å². The van der Waals surface area contributed by atoms with Gasteiger partial charge in [0.1, 0.15) is 11.3 Å². The Bertz CT molecular complexity index is 512. The van der Waals surface area contributed by atoms with Gasteiger partial charge in [-0.1, -0.05) is 6.92 Å². The molecule has 3 nitrogen and oxygen atoms in total. The minimum absolute atomic E-state index is 0.599. The highest BCUT2D eigenvalue weighted by Crippen LogP contribution is 2.17. The van der Waals surface area contributed by atoms with E-state index < -0.39 is 0 Å². The largest absolute Gasteiger partial charge is 0.313 e. The van der Waals surface area contributed by atoms with Gasteiger partial charge in [0.25, 0.3) is 0 Å². The Labute approximate surface area is 117 Å². The molecule has 0 amide bonds. The van der Waals surface area contributed by atoms with Gasteiger partial charge < -0.3 is 4.57 Å². The summed E-state index contributed by atoms with van der Waals surface area (Å²) in [6, 6.07) is 3.93. The van der Waals surface area contributed by atoms with Crippen LogP contribution in [0.4, 0.5) is 0 Å². The fourth-order valence-electron chi connectivity index (χ4n) is 1.94. The van der Waals surface area contributed by atoms with Crippen LogP contribution in [0.1, 0.15) is 19.2 Å². The van der Waals surface area contributed by atoms with Crippen LogP contribution in [0.3, 0.4) is 0 Å². The van der Waals surface area contributed by atoms with E-state index in [4.69, 9.17) is 11.6 Å². The number of hydrogen-bond acceptors (Lipinski definition) is 3. The van der Waals surface area contributed by atoms with Gasteiger partial charge in [0.2, 0.25) is 0 Å². The summed E-state index contributed by atoms with van der Waals surface area (Å²) in [7, 11) is 0. The molecule has 0 saturated carbocycles. The molecule has 0 bridgehead atoms. The molecule has 2 aromatic rings. The van der Waals surface area contributed by atoms with Crippen LogP contribution in [0.5, 0.6) is 0 Å². The first kappa shape index (κ1) is 13.7. The first-order valence-electron chi connectivity index (χ1n) is 6.15. The number of aryl methyl sites for hydroxylation is 2. The molecule has 18 heavy (non-hydrogen) atoms. The first-order chi connectivity index (χ1) is 8.76. The summed E-state index contributed by atoms with van der Waals surface area (Å²) in [4.78, 5) is 9.05. The summed E-state index contributed by atoms with van der Waals surface area (Å²) in [5.74, 6) is 1.65. The van der Waals surface area contributed by atoms with Crippen LogP contribution >= 0.6 is 23.4 Å². The van der Waals surface area contributed by atoms with E-state index in [0.717, 1.165) is 36.4 Å². The van der Waals surface area contributed by atoms with E-state index in [-0.39, 0.29) is 0 Å². The molecular weight excluding hydrogens is 266 g/mol. The van der Waals surface area contributed by atoms with Crippen molar-refractivity contribution in [1.29, 1.82) is 0 Å². The molecule has 0 aliphatic carbocycles. The zero-order valence-corrected chi connectivity index (χ0v) is 12.3. The SMILES string of the molecule is CSC(C)CCn1c(CCCl)nc2cccnc21. The summed E-state index contributed by atoms with van der Waals surface area (Å²) in [5.41, 5.74) is 1.94. The average molecular weight is 284 g/mol. The van der Waals surface area contributed by atoms with Crippen molar-refractivity contribution >= 4 is 34.5 Å². The van der Waals surface area contributed by atoms with Gasteiger partial charge in [0.05, 0.1) is 0 Å². The second kappa shape index (κ2) is 6.43. The van der Waals surface area contributed by atoms with Crippen molar-refractivity contribution in [2.75, 3.05) is 12.1 Å². The number of thioether (sulfide) groups is 1. The van der Waals surface area contributed by atoms with Crippen LogP contribution in [0.15, 0.2) is 18.3 Å². The lowest BCUT2D eigenvalue weighted by Gasteiger charge is -2.11. The number of nitrogens with zero attached hydrogens (tertiary/aromatic N) is 3. The Morgan fingerprint density at radius 3 is 3.06 bits per heavy atom. The first-order valence-corrected chi connectivity index (χ1v) is 7.97. The molecule has 2 aromatic heterocycles. The lowest BCUT2D eigenvalue weighted by atomic mass is 10.3. The van der Waals surface area contributed by atoms with Crippen molar-refractivity contribution in [2.24, 2.45) is 0 Å². The molecule has 0 aliphatic rings. The molecule has 2 rings (SSSR count). The molecule has 0 aliphatic heterocycles. The number of pyridine rings is 1. The minimum atomic E-state index is 0.599. The standard InChI is InChI=1S/C13H18ClN3S/c1-10(18-2)6-9-17-12(5-7-14)16-11-4-3-8-15-13(11)17/h3-4,8,10H,5-7,9H2,1-2H3. The fourth-order valence-corrected chi connectivity index (χ4v) is 2.45. The van der Waals surface area contributed by atoms with E-state index >= 15 is 0 Å². The fraction of sp³-hybridized carbons (Fsp3) is 0.538. The van der Waals surface area contributed by atoms with Crippen LogP contribution in [0.25, 0.3) is 11.2 Å². The number of halogens is 1. The number of aromatic nitrogens is 3. The molecular formula is C13H18ClN3S. The number of imidazole rings is 1. The van der Waals surface area contributed by atoms with Gasteiger partial charge in [-0.05, 0) is 24.8 Å². The second-order valence-corrected chi connectivity index (χ2v) is 5.95. The molecule has 0 spiro atoms. The quantitative estimate of drug-likeness (QED) is 0.762. The summed E-state index contributed by atoms with van der Waals surface area (Å²) in [6.07, 6.45) is 5.89. The highest BCUT2D eigenvalue weighted by atomic mass is 35.5. The molecule has 1 atom stereocenters. The van der Waals surface area contributed by atoms with Crippen molar-refractivity contribution in [2.45, 2.75) is 31.6 Å². The molecule has 0 aromatic carbocycles. The summed E-state index contributed by atoms with van der Waals surface area (Å²) in [5, 5.41) is 0.648. The van der Waals surface area contributed by atoms with Crippen LogP contribution in [-0.4, -0.2) is 31.9 Å². The van der Waals surface area contributed by atoms with Gasteiger partial charge in [0, 0.05) is 30.3 Å². The van der Waals surface area contributed by atoms with Crippen molar-refractivity contribution in [3.05, 3.63) is 24.2 Å². The van der Waals surface area contributed by atoms with E-state index in [1.54, 1.807) is 0 Å². The Morgan fingerprint density at radius 1 is 1.50 bits per heavy atom. The Morgan fingerprint density at radius 2 is 2.33 bits per heavy atom. The third-order valence-corrected chi connectivity index (χ3v) is 4.29. The van der Waals surface area contributed by atoms with Gasteiger partial charge in [-0.3, -0.25) is 0 Å². The zero-order chi connectivity index (χ0) is 13.0. The molecule has 0 saturated heterocycles. The van der Waals surface area contributed by atoms with Gasteiger partial charge in [-0.15, -0.1) is 11.6 Å². The average Bonchev–Trinajstić information content (AvgIpc) is 2.74. The molecule has 0 radical (unpaired) electrons. The lowest BCUT2D eigenvalue weighted by molar-refractivity contribution is 0.624. The van der Waals surface area contributed by atoms with Gasteiger partial charge >= 0.3 is 0 Å². The number of alkyl halides is 1. The van der Waals surface area contributed by atoms with E-state index in [9.17, 15) is 0 Å². The summed E-state index contributed by atoms with van der Waals surface area (Å²) >= 11 is 7.74. The number of rotatable bonds is 6. The van der Waals surface area contributed by atoms with Crippen LogP contribution in [0.2, 0.25) is 0 Å². The predicted molar refractivity (Wildman–Crippen MR) is 79.5 cm³/mol. The predicted octanol–water partition coefficient (Wildman–Crippen LogP) is 3.35. The van der Waals surface area contributed by atoms with Crippen molar-refractivity contribution in [3.63, 3.8) is 0 Å². The Balaban J connectivity index is 2.29. The smallest absolute Gasteiger partial charge is 0.159 e. The Hall–Kier alpha value is -0.740. The van der Waals surface area contributed by atoms with Crippen molar-refractivity contribution in [3.8, 4) is 0 Å². The van der Waals surface area contributed by atoms with Crippen LogP contribution in [0, 0.1) is 0 Å². The van der Waals surface area contributed by atoms with Crippen molar-refractivity contribution < 1.29 is 0 Å². The summed E-state index contributed by atoms with van der Waals surface area (Å²) in [6.45, 7) is 3.21. The van der Waals surface area contributed by atoms with Gasteiger partial charge in [-0.2, -0.15) is 11.8 Å². The third kappa shape index (κ3) is 2.98. The van der Waals surface area contributed by atoms with Crippen molar-refractivity contribution in [1.82, 2.24) is 14.5 Å².